The summed E-state index contributed by atoms with van der Waals surface area (Å²) in [4.78, 5) is 25.7. The summed E-state index contributed by atoms with van der Waals surface area (Å²) in [5.41, 5.74) is 1.34. The topological polar surface area (TPSA) is 61.0 Å². The Morgan fingerprint density at radius 2 is 2.11 bits per heavy atom. The van der Waals surface area contributed by atoms with Crippen molar-refractivity contribution in [3.63, 3.8) is 0 Å². The largest absolute Gasteiger partial charge is 0.320 e. The molecule has 5 nitrogen and oxygen atoms in total. The number of aromatic nitrogens is 2. The third-order valence-corrected chi connectivity index (χ3v) is 7.73. The lowest BCUT2D eigenvalue weighted by Gasteiger charge is -2.35. The molecule has 0 radical (unpaired) electrons. The van der Waals surface area contributed by atoms with Gasteiger partial charge < -0.3 is 10.3 Å². The molecule has 0 spiro atoms. The number of nitrogens with zero attached hydrogens (tertiary/aromatic N) is 2. The average molecular weight is 389 g/mol. The fourth-order valence-electron chi connectivity index (χ4n) is 4.71. The summed E-state index contributed by atoms with van der Waals surface area (Å²) in [5.74, 6) is 2.38. The summed E-state index contributed by atoms with van der Waals surface area (Å²) in [6, 6.07) is 0.172. The van der Waals surface area contributed by atoms with Gasteiger partial charge in [-0.1, -0.05) is 6.92 Å². The normalized spacial score (nSPS) is 22.9. The highest BCUT2D eigenvalue weighted by Crippen LogP contribution is 2.36. The minimum absolute atomic E-state index is 0.0674. The van der Waals surface area contributed by atoms with Crippen LogP contribution in [0.5, 0.6) is 0 Å². The predicted molar refractivity (Wildman–Crippen MR) is 113 cm³/mol. The summed E-state index contributed by atoms with van der Waals surface area (Å²) in [6.07, 6.45) is 7.04. The molecule has 1 saturated heterocycles. The summed E-state index contributed by atoms with van der Waals surface area (Å²) >= 11 is 1.75. The van der Waals surface area contributed by atoms with Crippen LogP contribution in [0.4, 0.5) is 0 Å². The van der Waals surface area contributed by atoms with Crippen LogP contribution in [0.3, 0.4) is 0 Å². The number of rotatable bonds is 5. The molecule has 0 saturated carbocycles. The zero-order valence-corrected chi connectivity index (χ0v) is 17.6. The van der Waals surface area contributed by atoms with Crippen LogP contribution in [-0.4, -0.2) is 41.5 Å². The van der Waals surface area contributed by atoms with Crippen molar-refractivity contribution in [2.45, 2.75) is 58.4 Å². The van der Waals surface area contributed by atoms with Crippen molar-refractivity contribution in [3.8, 4) is 0 Å². The van der Waals surface area contributed by atoms with E-state index in [2.05, 4.69) is 29.0 Å². The molecule has 3 heterocycles. The van der Waals surface area contributed by atoms with Crippen molar-refractivity contribution in [3.05, 3.63) is 26.6 Å². The number of thiophene rings is 1. The van der Waals surface area contributed by atoms with Gasteiger partial charge in [-0.3, -0.25) is 9.69 Å². The zero-order valence-electron chi connectivity index (χ0n) is 16.8. The summed E-state index contributed by atoms with van der Waals surface area (Å²) < 4.78 is 0. The lowest BCUT2D eigenvalue weighted by molar-refractivity contribution is 0.133. The highest BCUT2D eigenvalue weighted by atomic mass is 32.1. The molecular formula is C21H32N4OS. The molecule has 27 heavy (non-hydrogen) atoms. The van der Waals surface area contributed by atoms with Crippen molar-refractivity contribution in [2.24, 2.45) is 11.8 Å². The minimum atomic E-state index is 0.0674. The van der Waals surface area contributed by atoms with E-state index >= 15 is 0 Å². The fraction of sp³-hybridized carbons (Fsp3) is 0.714. The first-order valence-electron chi connectivity index (χ1n) is 10.5. The lowest BCUT2D eigenvalue weighted by Crippen LogP contribution is -2.37. The van der Waals surface area contributed by atoms with Crippen LogP contribution >= 0.6 is 11.3 Å². The van der Waals surface area contributed by atoms with E-state index in [-0.39, 0.29) is 11.6 Å². The number of aromatic amines is 1. The van der Waals surface area contributed by atoms with Crippen molar-refractivity contribution in [1.82, 2.24) is 20.2 Å². The van der Waals surface area contributed by atoms with E-state index in [0.717, 1.165) is 54.4 Å². The van der Waals surface area contributed by atoms with E-state index in [0.29, 0.717) is 5.92 Å². The van der Waals surface area contributed by atoms with Crippen molar-refractivity contribution < 1.29 is 0 Å². The standard InChI is InChI=1S/C21H32N4OS/c1-13-4-5-16-17(12-13)27-21-18(16)20(26)23-19(24-21)14(2)25-10-7-15(8-11-25)6-9-22-3/h13-15,22H,4-12H2,1-3H3,(H,23,24,26). The molecule has 1 aliphatic carbocycles. The molecule has 2 aliphatic rings. The maximum atomic E-state index is 12.9. The lowest BCUT2D eigenvalue weighted by atomic mass is 9.89. The zero-order chi connectivity index (χ0) is 19.0. The number of nitrogens with one attached hydrogen (secondary N) is 2. The molecular weight excluding hydrogens is 356 g/mol. The number of hydrogen-bond acceptors (Lipinski definition) is 5. The minimum Gasteiger partial charge on any atom is -0.320 e. The van der Waals surface area contributed by atoms with Gasteiger partial charge in [-0.2, -0.15) is 0 Å². The maximum absolute atomic E-state index is 12.9. The fourth-order valence-corrected chi connectivity index (χ4v) is 6.10. The molecule has 2 atom stereocenters. The molecule has 2 aromatic heterocycles. The maximum Gasteiger partial charge on any atom is 0.259 e. The Hall–Kier alpha value is -1.24. The molecule has 0 bridgehead atoms. The molecule has 2 N–H and O–H groups in total. The monoisotopic (exact) mass is 388 g/mol. The number of likely N-dealkylation sites (tertiary alicyclic amines) is 1. The molecule has 0 aromatic carbocycles. The number of piperidine rings is 1. The highest BCUT2D eigenvalue weighted by molar-refractivity contribution is 7.18. The van der Waals surface area contributed by atoms with Crippen LogP contribution < -0.4 is 10.9 Å². The first-order valence-corrected chi connectivity index (χ1v) is 11.3. The Kier molecular flexibility index (Phi) is 5.67. The van der Waals surface area contributed by atoms with Crippen LogP contribution in [0, 0.1) is 11.8 Å². The van der Waals surface area contributed by atoms with Crippen molar-refractivity contribution in [2.75, 3.05) is 26.7 Å². The van der Waals surface area contributed by atoms with Crippen LogP contribution in [0.1, 0.15) is 61.8 Å². The van der Waals surface area contributed by atoms with Gasteiger partial charge in [0.05, 0.1) is 11.4 Å². The van der Waals surface area contributed by atoms with Crippen LogP contribution in [-0.2, 0) is 12.8 Å². The summed E-state index contributed by atoms with van der Waals surface area (Å²) in [5, 5.41) is 4.12. The molecule has 2 aromatic rings. The van der Waals surface area contributed by atoms with Gasteiger partial charge in [0.15, 0.2) is 0 Å². The van der Waals surface area contributed by atoms with E-state index in [1.807, 2.05) is 7.05 Å². The Morgan fingerprint density at radius 1 is 1.33 bits per heavy atom. The first-order chi connectivity index (χ1) is 13.1. The van der Waals surface area contributed by atoms with E-state index in [4.69, 9.17) is 4.98 Å². The van der Waals surface area contributed by atoms with E-state index < -0.39 is 0 Å². The number of fused-ring (bicyclic) bond motifs is 3. The molecule has 1 fully saturated rings. The molecule has 2 unspecified atom stereocenters. The third kappa shape index (κ3) is 3.84. The molecule has 1 aliphatic heterocycles. The van der Waals surface area contributed by atoms with E-state index in [9.17, 15) is 4.79 Å². The second-order valence-corrected chi connectivity index (χ2v) is 9.61. The third-order valence-electron chi connectivity index (χ3n) is 6.58. The Morgan fingerprint density at radius 3 is 2.85 bits per heavy atom. The second kappa shape index (κ2) is 8.02. The molecule has 4 rings (SSSR count). The summed E-state index contributed by atoms with van der Waals surface area (Å²) in [6.45, 7) is 7.78. The molecule has 6 heteroatoms. The van der Waals surface area contributed by atoms with Crippen LogP contribution in [0.25, 0.3) is 10.2 Å². The van der Waals surface area contributed by atoms with Gasteiger partial charge in [0.1, 0.15) is 10.7 Å². The van der Waals surface area contributed by atoms with Gasteiger partial charge in [-0.15, -0.1) is 11.3 Å². The number of hydrogen-bond donors (Lipinski definition) is 2. The predicted octanol–water partition coefficient (Wildman–Crippen LogP) is 3.49. The van der Waals surface area contributed by atoms with Gasteiger partial charge >= 0.3 is 0 Å². The van der Waals surface area contributed by atoms with Gasteiger partial charge in [0.25, 0.3) is 5.56 Å². The Labute approximate surface area is 165 Å². The van der Waals surface area contributed by atoms with Gasteiger partial charge in [-0.25, -0.2) is 4.98 Å². The smallest absolute Gasteiger partial charge is 0.259 e. The number of H-pyrrole nitrogens is 1. The van der Waals surface area contributed by atoms with E-state index in [1.54, 1.807) is 11.3 Å². The van der Waals surface area contributed by atoms with Gasteiger partial charge in [0, 0.05) is 4.88 Å². The quantitative estimate of drug-likeness (QED) is 0.823. The Bertz CT molecular complexity index is 850. The average Bonchev–Trinajstić information content (AvgIpc) is 3.04. The highest BCUT2D eigenvalue weighted by Gasteiger charge is 2.27. The van der Waals surface area contributed by atoms with Crippen LogP contribution in [0.2, 0.25) is 0 Å². The molecule has 148 valence electrons. The van der Waals surface area contributed by atoms with Crippen LogP contribution in [0.15, 0.2) is 4.79 Å². The Balaban J connectivity index is 1.53. The molecule has 0 amide bonds. The number of aryl methyl sites for hydroxylation is 1. The summed E-state index contributed by atoms with van der Waals surface area (Å²) in [7, 11) is 2.03. The van der Waals surface area contributed by atoms with Gasteiger partial charge in [0.2, 0.25) is 0 Å². The van der Waals surface area contributed by atoms with Crippen molar-refractivity contribution >= 4 is 21.6 Å². The first kappa shape index (κ1) is 19.1. The van der Waals surface area contributed by atoms with E-state index in [1.165, 1.54) is 36.1 Å². The SMILES string of the molecule is CNCCC1CCN(C(C)c2nc3sc4c(c3c(=O)[nH]2)CCC(C)C4)CC1. The van der Waals surface area contributed by atoms with Crippen molar-refractivity contribution in [1.29, 1.82) is 0 Å². The second-order valence-electron chi connectivity index (χ2n) is 8.53. The van der Waals surface area contributed by atoms with Gasteiger partial charge in [-0.05, 0) is 89.5 Å².